The minimum atomic E-state index is -0.861. The van der Waals surface area contributed by atoms with E-state index in [4.69, 9.17) is 9.47 Å². The predicted molar refractivity (Wildman–Crippen MR) is 79.9 cm³/mol. The molecule has 0 aromatic carbocycles. The first-order chi connectivity index (χ1) is 9.27. The van der Waals surface area contributed by atoms with Gasteiger partial charge < -0.3 is 9.47 Å². The molecule has 0 aliphatic carbocycles. The highest BCUT2D eigenvalue weighted by Gasteiger charge is 2.51. The van der Waals surface area contributed by atoms with Crippen LogP contribution in [-0.2, 0) is 14.3 Å². The molecule has 1 aliphatic heterocycles. The summed E-state index contributed by atoms with van der Waals surface area (Å²) in [5, 5.41) is 0. The van der Waals surface area contributed by atoms with Crippen LogP contribution in [0.1, 0.15) is 40.0 Å². The lowest BCUT2D eigenvalue weighted by Crippen LogP contribution is -2.55. The highest BCUT2D eigenvalue weighted by atomic mass is 32.2. The maximum atomic E-state index is 12.3. The van der Waals surface area contributed by atoms with E-state index in [2.05, 4.69) is 0 Å². The number of nitrogens with zero attached hydrogens (tertiary/aromatic N) is 1. The largest absolute Gasteiger partial charge is 0.467 e. The molecule has 0 bridgehead atoms. The molecule has 1 rings (SSSR count). The van der Waals surface area contributed by atoms with E-state index in [-0.39, 0.29) is 5.97 Å². The van der Waals surface area contributed by atoms with Crippen LogP contribution in [0.5, 0.6) is 0 Å². The van der Waals surface area contributed by atoms with Gasteiger partial charge in [0.05, 0.1) is 7.11 Å². The average molecular weight is 303 g/mol. The van der Waals surface area contributed by atoms with Gasteiger partial charge >= 0.3 is 12.1 Å². The number of esters is 1. The van der Waals surface area contributed by atoms with Crippen molar-refractivity contribution in [1.29, 1.82) is 0 Å². The van der Waals surface area contributed by atoms with Gasteiger partial charge in [-0.3, -0.25) is 4.90 Å². The Bertz CT molecular complexity index is 367. The lowest BCUT2D eigenvalue weighted by atomic mass is 9.93. The maximum Gasteiger partial charge on any atom is 0.411 e. The van der Waals surface area contributed by atoms with Crippen LogP contribution in [0, 0.1) is 0 Å². The van der Waals surface area contributed by atoms with E-state index in [0.29, 0.717) is 19.4 Å². The first-order valence-electron chi connectivity index (χ1n) is 6.85. The van der Waals surface area contributed by atoms with Gasteiger partial charge in [-0.25, -0.2) is 9.59 Å². The summed E-state index contributed by atoms with van der Waals surface area (Å²) in [4.78, 5) is 26.1. The standard InChI is InChI=1S/C14H25NO4S/c1-13(2,3)19-12(17)15-9-6-7-14(15,8-10-20-5)11(16)18-4/h6-10H2,1-5H3. The molecule has 0 spiro atoms. The topological polar surface area (TPSA) is 55.8 Å². The quantitative estimate of drug-likeness (QED) is 0.747. The molecule has 0 aromatic rings. The Morgan fingerprint density at radius 2 is 2.00 bits per heavy atom. The van der Waals surface area contributed by atoms with Gasteiger partial charge in [0.2, 0.25) is 0 Å². The van der Waals surface area contributed by atoms with Crippen LogP contribution in [0.4, 0.5) is 4.79 Å². The van der Waals surface area contributed by atoms with E-state index in [1.165, 1.54) is 7.11 Å². The molecule has 0 aromatic heterocycles. The minimum Gasteiger partial charge on any atom is -0.467 e. The lowest BCUT2D eigenvalue weighted by Gasteiger charge is -2.36. The SMILES string of the molecule is COC(=O)C1(CCSC)CCCN1C(=O)OC(C)(C)C. The van der Waals surface area contributed by atoms with E-state index in [0.717, 1.165) is 12.2 Å². The molecule has 0 N–H and O–H groups in total. The van der Waals surface area contributed by atoms with Crippen molar-refractivity contribution in [3.8, 4) is 0 Å². The Kier molecular flexibility index (Phi) is 5.74. The molecule has 1 unspecified atom stereocenters. The third-order valence-electron chi connectivity index (χ3n) is 3.39. The normalized spacial score (nSPS) is 22.8. The summed E-state index contributed by atoms with van der Waals surface area (Å²) in [6, 6.07) is 0. The van der Waals surface area contributed by atoms with Crippen LogP contribution < -0.4 is 0 Å². The van der Waals surface area contributed by atoms with Gasteiger partial charge in [0.15, 0.2) is 0 Å². The second-order valence-electron chi connectivity index (χ2n) is 6.00. The summed E-state index contributed by atoms with van der Waals surface area (Å²) in [6.45, 7) is 6.01. The van der Waals surface area contributed by atoms with Gasteiger partial charge in [0.1, 0.15) is 11.1 Å². The van der Waals surface area contributed by atoms with Crippen LogP contribution in [0.3, 0.4) is 0 Å². The van der Waals surface area contributed by atoms with E-state index < -0.39 is 17.2 Å². The van der Waals surface area contributed by atoms with Crippen LogP contribution >= 0.6 is 11.8 Å². The molecule has 1 heterocycles. The van der Waals surface area contributed by atoms with E-state index in [9.17, 15) is 9.59 Å². The molecule has 0 saturated carbocycles. The van der Waals surface area contributed by atoms with Crippen molar-refractivity contribution in [2.75, 3.05) is 25.7 Å². The van der Waals surface area contributed by atoms with Crippen molar-refractivity contribution in [1.82, 2.24) is 4.90 Å². The fourth-order valence-electron chi connectivity index (χ4n) is 2.50. The molecule has 1 aliphatic rings. The van der Waals surface area contributed by atoms with Crippen molar-refractivity contribution >= 4 is 23.8 Å². The number of carbonyl (C=O) groups is 2. The Balaban J connectivity index is 2.96. The fraction of sp³-hybridized carbons (Fsp3) is 0.857. The van der Waals surface area contributed by atoms with Crippen LogP contribution in [0.15, 0.2) is 0 Å². The highest BCUT2D eigenvalue weighted by Crippen LogP contribution is 2.35. The Hall–Kier alpha value is -0.910. The maximum absolute atomic E-state index is 12.3. The Morgan fingerprint density at radius 1 is 1.35 bits per heavy atom. The number of hydrogen-bond acceptors (Lipinski definition) is 5. The third kappa shape index (κ3) is 3.81. The molecule has 5 nitrogen and oxygen atoms in total. The molecular weight excluding hydrogens is 278 g/mol. The number of amides is 1. The van der Waals surface area contributed by atoms with Crippen molar-refractivity contribution in [3.05, 3.63) is 0 Å². The molecule has 1 amide bonds. The van der Waals surface area contributed by atoms with Gasteiger partial charge in [-0.15, -0.1) is 0 Å². The number of likely N-dealkylation sites (tertiary alicyclic amines) is 1. The molecule has 20 heavy (non-hydrogen) atoms. The highest BCUT2D eigenvalue weighted by molar-refractivity contribution is 7.98. The zero-order valence-corrected chi connectivity index (χ0v) is 13.8. The summed E-state index contributed by atoms with van der Waals surface area (Å²) < 4.78 is 10.4. The second kappa shape index (κ2) is 6.70. The molecular formula is C14H25NO4S. The summed E-state index contributed by atoms with van der Waals surface area (Å²) in [5.74, 6) is 0.462. The first-order valence-corrected chi connectivity index (χ1v) is 8.24. The number of ether oxygens (including phenoxy) is 2. The Labute approximate surface area is 125 Å². The monoisotopic (exact) mass is 303 g/mol. The molecule has 116 valence electrons. The molecule has 1 atom stereocenters. The number of thioether (sulfide) groups is 1. The van der Waals surface area contributed by atoms with Gasteiger partial charge in [0, 0.05) is 6.54 Å². The van der Waals surface area contributed by atoms with Gasteiger partial charge in [-0.2, -0.15) is 11.8 Å². The fourth-order valence-corrected chi connectivity index (χ4v) is 3.04. The van der Waals surface area contributed by atoms with Gasteiger partial charge in [0.25, 0.3) is 0 Å². The number of hydrogen-bond donors (Lipinski definition) is 0. The number of methoxy groups -OCH3 is 1. The molecule has 6 heteroatoms. The van der Waals surface area contributed by atoms with Crippen molar-refractivity contribution in [3.63, 3.8) is 0 Å². The van der Waals surface area contributed by atoms with Crippen LogP contribution in [0.25, 0.3) is 0 Å². The van der Waals surface area contributed by atoms with Crippen molar-refractivity contribution in [2.24, 2.45) is 0 Å². The van der Waals surface area contributed by atoms with Crippen LogP contribution in [0.2, 0.25) is 0 Å². The predicted octanol–water partition coefficient (Wildman–Crippen LogP) is 2.68. The summed E-state index contributed by atoms with van der Waals surface area (Å²) in [6.07, 6.45) is 3.58. The van der Waals surface area contributed by atoms with Crippen LogP contribution in [-0.4, -0.2) is 53.8 Å². The average Bonchev–Trinajstić information content (AvgIpc) is 2.78. The lowest BCUT2D eigenvalue weighted by molar-refractivity contribution is -0.153. The van der Waals surface area contributed by atoms with E-state index >= 15 is 0 Å². The Morgan fingerprint density at radius 3 is 2.50 bits per heavy atom. The molecule has 1 saturated heterocycles. The molecule has 1 fully saturated rings. The second-order valence-corrected chi connectivity index (χ2v) is 6.99. The smallest absolute Gasteiger partial charge is 0.411 e. The minimum absolute atomic E-state index is 0.338. The zero-order chi connectivity index (χ0) is 15.4. The van der Waals surface area contributed by atoms with Crippen molar-refractivity contribution in [2.45, 2.75) is 51.2 Å². The zero-order valence-electron chi connectivity index (χ0n) is 13.0. The first kappa shape index (κ1) is 17.1. The van der Waals surface area contributed by atoms with Gasteiger partial charge in [-0.05, 0) is 52.0 Å². The summed E-state index contributed by atoms with van der Waals surface area (Å²) >= 11 is 1.66. The number of rotatable bonds is 4. The number of carbonyl (C=O) groups excluding carboxylic acids is 2. The van der Waals surface area contributed by atoms with Crippen molar-refractivity contribution < 1.29 is 19.1 Å². The van der Waals surface area contributed by atoms with E-state index in [1.54, 1.807) is 16.7 Å². The molecule has 0 radical (unpaired) electrons. The summed E-state index contributed by atoms with van der Waals surface area (Å²) in [7, 11) is 1.37. The summed E-state index contributed by atoms with van der Waals surface area (Å²) in [5.41, 5.74) is -1.43. The third-order valence-corrected chi connectivity index (χ3v) is 4.00. The van der Waals surface area contributed by atoms with Gasteiger partial charge in [-0.1, -0.05) is 0 Å². The van der Waals surface area contributed by atoms with E-state index in [1.807, 2.05) is 27.0 Å².